The van der Waals surface area contributed by atoms with Crippen LogP contribution in [0.4, 0.5) is 5.69 Å². The van der Waals surface area contributed by atoms with E-state index in [2.05, 4.69) is 5.10 Å². The third-order valence-electron chi connectivity index (χ3n) is 3.18. The van der Waals surface area contributed by atoms with E-state index < -0.39 is 5.97 Å². The van der Waals surface area contributed by atoms with Gasteiger partial charge >= 0.3 is 5.97 Å². The van der Waals surface area contributed by atoms with Crippen LogP contribution < -0.4 is 5.73 Å². The maximum absolute atomic E-state index is 10.8. The number of nitrogens with zero attached hydrogens (tertiary/aromatic N) is 2. The molecule has 2 aromatic rings. The van der Waals surface area contributed by atoms with Gasteiger partial charge in [-0.1, -0.05) is 12.1 Å². The average molecular weight is 259 g/mol. The van der Waals surface area contributed by atoms with Crippen LogP contribution in [0.15, 0.2) is 24.3 Å². The SMILES string of the molecule is Cc1nn(CC(=O)O)c(C)c1Cc1ccc(N)cc1. The van der Waals surface area contributed by atoms with E-state index >= 15 is 0 Å². The summed E-state index contributed by atoms with van der Waals surface area (Å²) in [6.45, 7) is 3.70. The number of benzene rings is 1. The molecule has 2 rings (SSSR count). The van der Waals surface area contributed by atoms with Crippen LogP contribution in [0.2, 0.25) is 0 Å². The predicted octanol–water partition coefficient (Wildman–Crippen LogP) is 1.76. The molecule has 100 valence electrons. The minimum Gasteiger partial charge on any atom is -0.480 e. The number of hydrogen-bond donors (Lipinski definition) is 2. The molecule has 0 atom stereocenters. The topological polar surface area (TPSA) is 81.1 Å². The monoisotopic (exact) mass is 259 g/mol. The van der Waals surface area contributed by atoms with Crippen LogP contribution in [0.1, 0.15) is 22.5 Å². The van der Waals surface area contributed by atoms with Crippen LogP contribution in [-0.4, -0.2) is 20.9 Å². The molecule has 19 heavy (non-hydrogen) atoms. The van der Waals surface area contributed by atoms with Crippen molar-refractivity contribution in [3.63, 3.8) is 0 Å². The van der Waals surface area contributed by atoms with E-state index in [1.807, 2.05) is 38.1 Å². The van der Waals surface area contributed by atoms with Gasteiger partial charge in [-0.05, 0) is 31.5 Å². The molecule has 0 aliphatic rings. The second kappa shape index (κ2) is 5.14. The van der Waals surface area contributed by atoms with Crippen LogP contribution in [0.3, 0.4) is 0 Å². The average Bonchev–Trinajstić information content (AvgIpc) is 2.59. The number of rotatable bonds is 4. The fourth-order valence-corrected chi connectivity index (χ4v) is 2.11. The molecular formula is C14H17N3O2. The van der Waals surface area contributed by atoms with Crippen molar-refractivity contribution in [2.24, 2.45) is 0 Å². The molecule has 0 saturated carbocycles. The first-order valence-electron chi connectivity index (χ1n) is 6.06. The van der Waals surface area contributed by atoms with Crippen molar-refractivity contribution in [2.45, 2.75) is 26.8 Å². The van der Waals surface area contributed by atoms with Gasteiger partial charge in [0.2, 0.25) is 0 Å². The number of hydrogen-bond acceptors (Lipinski definition) is 3. The minimum absolute atomic E-state index is 0.103. The number of anilines is 1. The fourth-order valence-electron chi connectivity index (χ4n) is 2.11. The largest absolute Gasteiger partial charge is 0.480 e. The van der Waals surface area contributed by atoms with Crippen LogP contribution in [-0.2, 0) is 17.8 Å². The summed E-state index contributed by atoms with van der Waals surface area (Å²) in [5.74, 6) is -0.885. The van der Waals surface area contributed by atoms with Gasteiger partial charge < -0.3 is 10.8 Å². The summed E-state index contributed by atoms with van der Waals surface area (Å²) in [5.41, 5.74) is 10.4. The Hall–Kier alpha value is -2.30. The summed E-state index contributed by atoms with van der Waals surface area (Å²) < 4.78 is 1.53. The lowest BCUT2D eigenvalue weighted by Gasteiger charge is -2.04. The maximum Gasteiger partial charge on any atom is 0.325 e. The fraction of sp³-hybridized carbons (Fsp3) is 0.286. The number of carboxylic acids is 1. The summed E-state index contributed by atoms with van der Waals surface area (Å²) in [5, 5.41) is 13.1. The molecule has 3 N–H and O–H groups in total. The smallest absolute Gasteiger partial charge is 0.325 e. The van der Waals surface area contributed by atoms with Gasteiger partial charge in [0, 0.05) is 23.4 Å². The number of aliphatic carboxylic acids is 1. The van der Waals surface area contributed by atoms with Crippen molar-refractivity contribution in [3.8, 4) is 0 Å². The van der Waals surface area contributed by atoms with Crippen molar-refractivity contribution >= 4 is 11.7 Å². The Labute approximate surface area is 111 Å². The van der Waals surface area contributed by atoms with Crippen LogP contribution in [0.25, 0.3) is 0 Å². The second-order valence-electron chi connectivity index (χ2n) is 4.62. The molecule has 0 fully saturated rings. The molecule has 0 unspecified atom stereocenters. The normalized spacial score (nSPS) is 10.6. The highest BCUT2D eigenvalue weighted by atomic mass is 16.4. The second-order valence-corrected chi connectivity index (χ2v) is 4.62. The molecule has 0 amide bonds. The van der Waals surface area contributed by atoms with Crippen LogP contribution in [0.5, 0.6) is 0 Å². The van der Waals surface area contributed by atoms with Crippen molar-refractivity contribution in [1.82, 2.24) is 9.78 Å². The van der Waals surface area contributed by atoms with E-state index in [0.717, 1.165) is 34.6 Å². The van der Waals surface area contributed by atoms with E-state index in [1.165, 1.54) is 4.68 Å². The number of nitrogen functional groups attached to an aromatic ring is 1. The Kier molecular flexibility index (Phi) is 3.55. The molecule has 0 radical (unpaired) electrons. The molecule has 5 nitrogen and oxygen atoms in total. The number of carbonyl (C=O) groups is 1. The van der Waals surface area contributed by atoms with Crippen molar-refractivity contribution in [2.75, 3.05) is 5.73 Å². The number of aryl methyl sites for hydroxylation is 1. The summed E-state index contributed by atoms with van der Waals surface area (Å²) >= 11 is 0. The molecule has 0 bridgehead atoms. The van der Waals surface area contributed by atoms with Gasteiger partial charge in [-0.15, -0.1) is 0 Å². The summed E-state index contributed by atoms with van der Waals surface area (Å²) in [4.78, 5) is 10.8. The number of aromatic nitrogens is 2. The predicted molar refractivity (Wildman–Crippen MR) is 73.0 cm³/mol. The van der Waals surface area contributed by atoms with E-state index in [0.29, 0.717) is 0 Å². The zero-order chi connectivity index (χ0) is 14.0. The Morgan fingerprint density at radius 1 is 1.32 bits per heavy atom. The summed E-state index contributed by atoms with van der Waals surface area (Å²) in [7, 11) is 0. The molecule has 5 heteroatoms. The first-order chi connectivity index (χ1) is 8.97. The Morgan fingerprint density at radius 3 is 2.53 bits per heavy atom. The Balaban J connectivity index is 2.27. The van der Waals surface area contributed by atoms with E-state index in [1.54, 1.807) is 0 Å². The summed E-state index contributed by atoms with van der Waals surface area (Å²) in [6, 6.07) is 7.68. The molecule has 1 aromatic carbocycles. The number of nitrogens with two attached hydrogens (primary N) is 1. The molecule has 0 saturated heterocycles. The Morgan fingerprint density at radius 2 is 1.95 bits per heavy atom. The van der Waals surface area contributed by atoms with Gasteiger partial charge in [0.1, 0.15) is 6.54 Å². The molecule has 0 aliphatic heterocycles. The van der Waals surface area contributed by atoms with Gasteiger partial charge in [-0.2, -0.15) is 5.10 Å². The highest BCUT2D eigenvalue weighted by Gasteiger charge is 2.13. The van der Waals surface area contributed by atoms with Gasteiger partial charge in [-0.25, -0.2) is 0 Å². The Bertz CT molecular complexity index is 600. The molecule has 0 aliphatic carbocycles. The quantitative estimate of drug-likeness (QED) is 0.820. The van der Waals surface area contributed by atoms with Gasteiger partial charge in [0.15, 0.2) is 0 Å². The first kappa shape index (κ1) is 13.1. The highest BCUT2D eigenvalue weighted by molar-refractivity contribution is 5.66. The standard InChI is InChI=1S/C14H17N3O2/c1-9-13(7-11-3-5-12(15)6-4-11)10(2)17(16-9)8-14(18)19/h3-6H,7-8,15H2,1-2H3,(H,18,19). The number of carboxylic acid groups (broad SMARTS) is 1. The van der Waals surface area contributed by atoms with E-state index in [4.69, 9.17) is 10.8 Å². The third-order valence-corrected chi connectivity index (χ3v) is 3.18. The zero-order valence-corrected chi connectivity index (χ0v) is 11.1. The maximum atomic E-state index is 10.8. The lowest BCUT2D eigenvalue weighted by atomic mass is 10.0. The molecule has 0 spiro atoms. The van der Waals surface area contributed by atoms with Gasteiger partial charge in [0.25, 0.3) is 0 Å². The van der Waals surface area contributed by atoms with E-state index in [9.17, 15) is 4.79 Å². The molecule has 1 aromatic heterocycles. The first-order valence-corrected chi connectivity index (χ1v) is 6.06. The molecular weight excluding hydrogens is 242 g/mol. The third kappa shape index (κ3) is 2.93. The van der Waals surface area contributed by atoms with Crippen molar-refractivity contribution < 1.29 is 9.90 Å². The zero-order valence-electron chi connectivity index (χ0n) is 11.1. The van der Waals surface area contributed by atoms with Gasteiger partial charge in [0.05, 0.1) is 5.69 Å². The van der Waals surface area contributed by atoms with Crippen molar-refractivity contribution in [3.05, 3.63) is 46.8 Å². The van der Waals surface area contributed by atoms with Gasteiger partial charge in [-0.3, -0.25) is 9.48 Å². The van der Waals surface area contributed by atoms with E-state index in [-0.39, 0.29) is 6.54 Å². The summed E-state index contributed by atoms with van der Waals surface area (Å²) in [6.07, 6.45) is 0.734. The lowest BCUT2D eigenvalue weighted by molar-refractivity contribution is -0.137. The van der Waals surface area contributed by atoms with Crippen molar-refractivity contribution in [1.29, 1.82) is 0 Å². The minimum atomic E-state index is -0.885. The lowest BCUT2D eigenvalue weighted by Crippen LogP contribution is -2.11. The highest BCUT2D eigenvalue weighted by Crippen LogP contribution is 2.18. The van der Waals surface area contributed by atoms with Crippen LogP contribution >= 0.6 is 0 Å². The van der Waals surface area contributed by atoms with Crippen LogP contribution in [0, 0.1) is 13.8 Å². The molecule has 1 heterocycles.